The Morgan fingerprint density at radius 1 is 1.50 bits per heavy atom. The Morgan fingerprint density at radius 2 is 2.38 bits per heavy atom. The highest BCUT2D eigenvalue weighted by atomic mass is 15.2. The standard InChI is InChI=1S/C13H23N3/c1-11(13-7-5-9-15-13)16(2)10-12-6-3-4-8-14-12/h5,7,9,11-12,14-15H,3-4,6,8,10H2,1-2H3. The van der Waals surface area contributed by atoms with Crippen molar-refractivity contribution in [3.8, 4) is 0 Å². The molecule has 1 aliphatic heterocycles. The van der Waals surface area contributed by atoms with Crippen molar-refractivity contribution in [1.29, 1.82) is 0 Å². The number of hydrogen-bond donors (Lipinski definition) is 2. The van der Waals surface area contributed by atoms with E-state index in [0.717, 1.165) is 6.54 Å². The van der Waals surface area contributed by atoms with Gasteiger partial charge < -0.3 is 10.3 Å². The van der Waals surface area contributed by atoms with Gasteiger partial charge in [0.05, 0.1) is 0 Å². The highest BCUT2D eigenvalue weighted by Crippen LogP contribution is 2.18. The molecule has 0 amide bonds. The lowest BCUT2D eigenvalue weighted by atomic mass is 10.0. The summed E-state index contributed by atoms with van der Waals surface area (Å²) < 4.78 is 0. The lowest BCUT2D eigenvalue weighted by molar-refractivity contribution is 0.212. The minimum Gasteiger partial charge on any atom is -0.364 e. The molecule has 0 radical (unpaired) electrons. The minimum absolute atomic E-state index is 0.471. The van der Waals surface area contributed by atoms with Gasteiger partial charge in [-0.2, -0.15) is 0 Å². The topological polar surface area (TPSA) is 31.1 Å². The lowest BCUT2D eigenvalue weighted by Gasteiger charge is -2.31. The van der Waals surface area contributed by atoms with Crippen molar-refractivity contribution < 1.29 is 0 Å². The minimum atomic E-state index is 0.471. The largest absolute Gasteiger partial charge is 0.364 e. The normalized spacial score (nSPS) is 23.6. The first-order valence-electron chi connectivity index (χ1n) is 6.34. The Bertz CT molecular complexity index is 288. The number of aromatic amines is 1. The van der Waals surface area contributed by atoms with Crippen molar-refractivity contribution in [3.05, 3.63) is 24.0 Å². The van der Waals surface area contributed by atoms with Gasteiger partial charge in [-0.05, 0) is 45.5 Å². The van der Waals surface area contributed by atoms with Gasteiger partial charge in [0, 0.05) is 30.5 Å². The average molecular weight is 221 g/mol. The van der Waals surface area contributed by atoms with Gasteiger partial charge in [-0.3, -0.25) is 4.90 Å². The average Bonchev–Trinajstić information content (AvgIpc) is 2.83. The van der Waals surface area contributed by atoms with Gasteiger partial charge in [0.2, 0.25) is 0 Å². The van der Waals surface area contributed by atoms with Gasteiger partial charge >= 0.3 is 0 Å². The van der Waals surface area contributed by atoms with Gasteiger partial charge in [-0.1, -0.05) is 6.42 Å². The van der Waals surface area contributed by atoms with Crippen molar-refractivity contribution >= 4 is 0 Å². The molecule has 1 aromatic heterocycles. The molecule has 2 unspecified atom stereocenters. The van der Waals surface area contributed by atoms with E-state index in [2.05, 4.69) is 41.3 Å². The molecule has 90 valence electrons. The first kappa shape index (κ1) is 11.7. The van der Waals surface area contributed by atoms with E-state index in [9.17, 15) is 0 Å². The molecule has 0 bridgehead atoms. The monoisotopic (exact) mass is 221 g/mol. The number of aromatic nitrogens is 1. The van der Waals surface area contributed by atoms with Crippen LogP contribution in [0.2, 0.25) is 0 Å². The third kappa shape index (κ3) is 2.86. The zero-order chi connectivity index (χ0) is 11.4. The number of nitrogens with zero attached hydrogens (tertiary/aromatic N) is 1. The van der Waals surface area contributed by atoms with Gasteiger partial charge in [-0.15, -0.1) is 0 Å². The quantitative estimate of drug-likeness (QED) is 0.816. The number of likely N-dealkylation sites (N-methyl/N-ethyl adjacent to an activating group) is 1. The molecule has 0 saturated carbocycles. The molecule has 0 aliphatic carbocycles. The molecule has 2 N–H and O–H groups in total. The second-order valence-corrected chi connectivity index (χ2v) is 4.89. The van der Waals surface area contributed by atoms with Gasteiger partial charge in [0.15, 0.2) is 0 Å². The number of nitrogens with one attached hydrogen (secondary N) is 2. The second kappa shape index (κ2) is 5.51. The predicted molar refractivity (Wildman–Crippen MR) is 67.5 cm³/mol. The number of rotatable bonds is 4. The third-order valence-corrected chi connectivity index (χ3v) is 3.65. The Labute approximate surface area is 98.2 Å². The predicted octanol–water partition coefficient (Wildman–Crippen LogP) is 2.15. The van der Waals surface area contributed by atoms with Crippen molar-refractivity contribution in [3.63, 3.8) is 0 Å². The SMILES string of the molecule is CC(c1ccc[nH]1)N(C)CC1CCCCN1. The summed E-state index contributed by atoms with van der Waals surface area (Å²) in [5, 5.41) is 3.60. The molecule has 1 fully saturated rings. The van der Waals surface area contributed by atoms with Crippen LogP contribution in [0.5, 0.6) is 0 Å². The maximum absolute atomic E-state index is 3.60. The zero-order valence-electron chi connectivity index (χ0n) is 10.4. The number of hydrogen-bond acceptors (Lipinski definition) is 2. The van der Waals surface area contributed by atoms with E-state index >= 15 is 0 Å². The molecular formula is C13H23N3. The van der Waals surface area contributed by atoms with E-state index in [1.165, 1.54) is 31.5 Å². The number of H-pyrrole nitrogens is 1. The summed E-state index contributed by atoms with van der Waals surface area (Å²) in [4.78, 5) is 5.72. The van der Waals surface area contributed by atoms with E-state index in [1.54, 1.807) is 0 Å². The highest BCUT2D eigenvalue weighted by molar-refractivity contribution is 5.08. The molecule has 1 saturated heterocycles. The summed E-state index contributed by atoms with van der Waals surface area (Å²) in [5.41, 5.74) is 1.30. The summed E-state index contributed by atoms with van der Waals surface area (Å²) in [7, 11) is 2.21. The van der Waals surface area contributed by atoms with Crippen molar-refractivity contribution in [1.82, 2.24) is 15.2 Å². The molecule has 2 atom stereocenters. The first-order chi connectivity index (χ1) is 7.77. The third-order valence-electron chi connectivity index (χ3n) is 3.65. The van der Waals surface area contributed by atoms with Crippen LogP contribution in [0.4, 0.5) is 0 Å². The Morgan fingerprint density at radius 3 is 3.00 bits per heavy atom. The fourth-order valence-corrected chi connectivity index (χ4v) is 2.43. The van der Waals surface area contributed by atoms with Crippen molar-refractivity contribution in [2.45, 2.75) is 38.3 Å². The molecule has 16 heavy (non-hydrogen) atoms. The first-order valence-corrected chi connectivity index (χ1v) is 6.34. The maximum Gasteiger partial charge on any atom is 0.0467 e. The lowest BCUT2D eigenvalue weighted by Crippen LogP contribution is -2.43. The molecule has 1 aromatic rings. The van der Waals surface area contributed by atoms with Crippen LogP contribution in [0, 0.1) is 0 Å². The Hall–Kier alpha value is -0.800. The molecule has 1 aliphatic rings. The molecule has 0 aromatic carbocycles. The van der Waals surface area contributed by atoms with Crippen molar-refractivity contribution in [2.75, 3.05) is 20.1 Å². The van der Waals surface area contributed by atoms with Crippen LogP contribution >= 0.6 is 0 Å². The van der Waals surface area contributed by atoms with Crippen LogP contribution in [0.3, 0.4) is 0 Å². The van der Waals surface area contributed by atoms with Crippen LogP contribution in [0.15, 0.2) is 18.3 Å². The molecular weight excluding hydrogens is 198 g/mol. The van der Waals surface area contributed by atoms with E-state index in [1.807, 2.05) is 6.20 Å². The van der Waals surface area contributed by atoms with Gasteiger partial charge in [0.1, 0.15) is 0 Å². The van der Waals surface area contributed by atoms with Crippen LogP contribution < -0.4 is 5.32 Å². The molecule has 3 heteroatoms. The highest BCUT2D eigenvalue weighted by Gasteiger charge is 2.18. The molecule has 2 heterocycles. The molecule has 2 rings (SSSR count). The maximum atomic E-state index is 3.60. The summed E-state index contributed by atoms with van der Waals surface area (Å²) >= 11 is 0. The summed E-state index contributed by atoms with van der Waals surface area (Å²) in [5.74, 6) is 0. The Kier molecular flexibility index (Phi) is 4.02. The Balaban J connectivity index is 1.84. The van der Waals surface area contributed by atoms with Gasteiger partial charge in [0.25, 0.3) is 0 Å². The number of piperidine rings is 1. The van der Waals surface area contributed by atoms with Crippen LogP contribution in [0.25, 0.3) is 0 Å². The summed E-state index contributed by atoms with van der Waals surface area (Å²) in [6.07, 6.45) is 6.04. The molecule has 3 nitrogen and oxygen atoms in total. The second-order valence-electron chi connectivity index (χ2n) is 4.89. The molecule has 0 spiro atoms. The van der Waals surface area contributed by atoms with Crippen molar-refractivity contribution in [2.24, 2.45) is 0 Å². The zero-order valence-corrected chi connectivity index (χ0v) is 10.4. The summed E-state index contributed by atoms with van der Waals surface area (Å²) in [6.45, 7) is 4.59. The van der Waals surface area contributed by atoms with E-state index in [-0.39, 0.29) is 0 Å². The van der Waals surface area contributed by atoms with Crippen LogP contribution in [-0.4, -0.2) is 36.1 Å². The van der Waals surface area contributed by atoms with Crippen LogP contribution in [0.1, 0.15) is 37.9 Å². The van der Waals surface area contributed by atoms with E-state index in [0.29, 0.717) is 12.1 Å². The van der Waals surface area contributed by atoms with E-state index in [4.69, 9.17) is 0 Å². The fourth-order valence-electron chi connectivity index (χ4n) is 2.43. The summed E-state index contributed by atoms with van der Waals surface area (Å²) in [6, 6.07) is 5.38. The smallest absolute Gasteiger partial charge is 0.0467 e. The van der Waals surface area contributed by atoms with Gasteiger partial charge in [-0.25, -0.2) is 0 Å². The fraction of sp³-hybridized carbons (Fsp3) is 0.692. The van der Waals surface area contributed by atoms with Crippen LogP contribution in [-0.2, 0) is 0 Å². The van der Waals surface area contributed by atoms with E-state index < -0.39 is 0 Å².